The number of hydrogen-bond donors (Lipinski definition) is 2. The highest BCUT2D eigenvalue weighted by molar-refractivity contribution is 8.02. The van der Waals surface area contributed by atoms with E-state index in [1.807, 2.05) is 0 Å². The molecule has 5 nitrogen and oxygen atoms in total. The molecular formula is C13H12ClF3N4OS2. The zero-order valence-electron chi connectivity index (χ0n) is 12.4. The van der Waals surface area contributed by atoms with Gasteiger partial charge >= 0.3 is 6.18 Å². The molecule has 1 aromatic heterocycles. The maximum absolute atomic E-state index is 13.0. The van der Waals surface area contributed by atoms with Crippen LogP contribution in [-0.2, 0) is 11.0 Å². The molecule has 1 heterocycles. The van der Waals surface area contributed by atoms with Crippen molar-refractivity contribution in [1.29, 1.82) is 0 Å². The van der Waals surface area contributed by atoms with Gasteiger partial charge in [0.25, 0.3) is 0 Å². The smallest absolute Gasteiger partial charge is 0.363 e. The Morgan fingerprint density at radius 3 is 2.67 bits per heavy atom. The Balaban J connectivity index is 2.11. The highest BCUT2D eigenvalue weighted by atomic mass is 35.5. The van der Waals surface area contributed by atoms with Crippen LogP contribution in [0.15, 0.2) is 22.5 Å². The standard InChI is InChI=1S/C13H12ClF3N4OS2/c1-6(23-12-21-20-11(18-2)24-12)10(22)19-9-4-3-7(14)5-8(9)13(15,16)17/h3-6H,1-2H3,(H,18,20)(H,19,22). The molecule has 0 fully saturated rings. The molecule has 0 aliphatic rings. The number of rotatable bonds is 5. The molecule has 11 heteroatoms. The molecule has 0 saturated heterocycles. The molecule has 2 N–H and O–H groups in total. The highest BCUT2D eigenvalue weighted by Gasteiger charge is 2.34. The number of hydrogen-bond acceptors (Lipinski definition) is 6. The van der Waals surface area contributed by atoms with E-state index in [0.717, 1.165) is 23.9 Å². The molecule has 1 aromatic carbocycles. The summed E-state index contributed by atoms with van der Waals surface area (Å²) >= 11 is 7.96. The molecule has 0 spiro atoms. The van der Waals surface area contributed by atoms with Crippen LogP contribution in [0.3, 0.4) is 0 Å². The largest absolute Gasteiger partial charge is 0.418 e. The van der Waals surface area contributed by atoms with Crippen LogP contribution in [0.1, 0.15) is 12.5 Å². The van der Waals surface area contributed by atoms with E-state index >= 15 is 0 Å². The number of carbonyl (C=O) groups excluding carboxylic acids is 1. The lowest BCUT2D eigenvalue weighted by Gasteiger charge is -2.16. The van der Waals surface area contributed by atoms with Crippen LogP contribution in [0.5, 0.6) is 0 Å². The van der Waals surface area contributed by atoms with Crippen LogP contribution in [0.2, 0.25) is 5.02 Å². The van der Waals surface area contributed by atoms with Crippen LogP contribution in [0, 0.1) is 0 Å². The van der Waals surface area contributed by atoms with Crippen LogP contribution in [0.4, 0.5) is 24.0 Å². The number of halogens is 4. The number of nitrogens with one attached hydrogen (secondary N) is 2. The predicted molar refractivity (Wildman–Crippen MR) is 89.9 cm³/mol. The van der Waals surface area contributed by atoms with Crippen LogP contribution in [-0.4, -0.2) is 28.4 Å². The lowest BCUT2D eigenvalue weighted by atomic mass is 10.1. The third-order valence-corrected chi connectivity index (χ3v) is 5.17. The molecule has 0 bridgehead atoms. The summed E-state index contributed by atoms with van der Waals surface area (Å²) in [7, 11) is 1.68. The second-order valence-corrected chi connectivity index (χ2v) is 7.56. The van der Waals surface area contributed by atoms with E-state index in [9.17, 15) is 18.0 Å². The van der Waals surface area contributed by atoms with E-state index in [4.69, 9.17) is 11.6 Å². The normalized spacial score (nSPS) is 12.8. The number of carbonyl (C=O) groups is 1. The quantitative estimate of drug-likeness (QED) is 0.734. The van der Waals surface area contributed by atoms with E-state index in [2.05, 4.69) is 20.8 Å². The molecule has 0 aliphatic carbocycles. The van der Waals surface area contributed by atoms with Gasteiger partial charge in [-0.2, -0.15) is 13.2 Å². The average Bonchev–Trinajstić information content (AvgIpc) is 2.95. The highest BCUT2D eigenvalue weighted by Crippen LogP contribution is 2.37. The maximum Gasteiger partial charge on any atom is 0.418 e. The van der Waals surface area contributed by atoms with Crippen LogP contribution < -0.4 is 10.6 Å². The van der Waals surface area contributed by atoms with Crippen LogP contribution >= 0.6 is 34.7 Å². The van der Waals surface area contributed by atoms with Gasteiger partial charge in [0.1, 0.15) is 0 Å². The maximum atomic E-state index is 13.0. The van der Waals surface area contributed by atoms with E-state index in [1.165, 1.54) is 17.4 Å². The number of anilines is 2. The summed E-state index contributed by atoms with van der Waals surface area (Å²) < 4.78 is 39.6. The molecular weight excluding hydrogens is 385 g/mol. The third-order valence-electron chi connectivity index (χ3n) is 2.81. The fourth-order valence-electron chi connectivity index (χ4n) is 1.66. The number of amides is 1. The predicted octanol–water partition coefficient (Wildman–Crippen LogP) is 4.37. The van der Waals surface area contributed by atoms with E-state index < -0.39 is 22.9 Å². The Bertz CT molecular complexity index is 738. The monoisotopic (exact) mass is 396 g/mol. The molecule has 24 heavy (non-hydrogen) atoms. The van der Waals surface area contributed by atoms with E-state index in [1.54, 1.807) is 14.0 Å². The van der Waals surface area contributed by atoms with Crippen molar-refractivity contribution in [1.82, 2.24) is 10.2 Å². The van der Waals surface area contributed by atoms with Crippen molar-refractivity contribution in [3.63, 3.8) is 0 Å². The number of nitrogens with zero attached hydrogens (tertiary/aromatic N) is 2. The molecule has 1 unspecified atom stereocenters. The van der Waals surface area contributed by atoms with Gasteiger partial charge in [0.15, 0.2) is 4.34 Å². The zero-order valence-corrected chi connectivity index (χ0v) is 14.8. The first-order valence-corrected chi connectivity index (χ1v) is 8.63. The summed E-state index contributed by atoms with van der Waals surface area (Å²) in [6.07, 6.45) is -4.62. The average molecular weight is 397 g/mol. The van der Waals surface area contributed by atoms with Gasteiger partial charge in [-0.25, -0.2) is 0 Å². The SMILES string of the molecule is CNc1nnc(SC(C)C(=O)Nc2ccc(Cl)cc2C(F)(F)F)s1. The Hall–Kier alpha value is -1.52. The number of alkyl halides is 3. The minimum absolute atomic E-state index is 0.0591. The first-order valence-electron chi connectivity index (χ1n) is 6.56. The van der Waals surface area contributed by atoms with Crippen molar-refractivity contribution in [2.75, 3.05) is 17.7 Å². The number of aromatic nitrogens is 2. The minimum atomic E-state index is -4.62. The Morgan fingerprint density at radius 2 is 2.08 bits per heavy atom. The molecule has 130 valence electrons. The third kappa shape index (κ3) is 4.74. The van der Waals surface area contributed by atoms with Gasteiger partial charge in [-0.1, -0.05) is 34.7 Å². The Kier molecular flexibility index (Phi) is 5.94. The molecule has 0 aliphatic heterocycles. The first kappa shape index (κ1) is 18.8. The molecule has 1 amide bonds. The lowest BCUT2D eigenvalue weighted by molar-refractivity contribution is -0.137. The van der Waals surface area contributed by atoms with Gasteiger partial charge in [-0.15, -0.1) is 10.2 Å². The second-order valence-electron chi connectivity index (χ2n) is 4.56. The molecule has 0 radical (unpaired) electrons. The van der Waals surface area contributed by atoms with Gasteiger partial charge < -0.3 is 10.6 Å². The Morgan fingerprint density at radius 1 is 1.38 bits per heavy atom. The summed E-state index contributed by atoms with van der Waals surface area (Å²) in [6.45, 7) is 1.57. The molecule has 2 rings (SSSR count). The van der Waals surface area contributed by atoms with Gasteiger partial charge in [0.05, 0.1) is 16.5 Å². The summed E-state index contributed by atoms with van der Waals surface area (Å²) in [4.78, 5) is 12.2. The van der Waals surface area contributed by atoms with Crippen molar-refractivity contribution in [3.05, 3.63) is 28.8 Å². The van der Waals surface area contributed by atoms with Crippen molar-refractivity contribution >= 4 is 51.4 Å². The van der Waals surface area contributed by atoms with Crippen molar-refractivity contribution in [3.8, 4) is 0 Å². The minimum Gasteiger partial charge on any atom is -0.363 e. The molecule has 2 aromatic rings. The van der Waals surface area contributed by atoms with Gasteiger partial charge in [-0.05, 0) is 25.1 Å². The van der Waals surface area contributed by atoms with Gasteiger partial charge in [0, 0.05) is 12.1 Å². The van der Waals surface area contributed by atoms with Crippen molar-refractivity contribution in [2.24, 2.45) is 0 Å². The number of thioether (sulfide) groups is 1. The first-order chi connectivity index (χ1) is 11.2. The zero-order chi connectivity index (χ0) is 17.9. The number of benzene rings is 1. The van der Waals surface area contributed by atoms with Crippen molar-refractivity contribution in [2.45, 2.75) is 22.7 Å². The van der Waals surface area contributed by atoms with Crippen molar-refractivity contribution < 1.29 is 18.0 Å². The van der Waals surface area contributed by atoms with E-state index in [0.29, 0.717) is 9.47 Å². The Labute approximate surface area is 149 Å². The summed E-state index contributed by atoms with van der Waals surface area (Å²) in [5.74, 6) is -0.575. The van der Waals surface area contributed by atoms with Gasteiger partial charge in [0.2, 0.25) is 11.0 Å². The van der Waals surface area contributed by atoms with E-state index in [-0.39, 0.29) is 10.7 Å². The molecule has 1 atom stereocenters. The topological polar surface area (TPSA) is 66.9 Å². The summed E-state index contributed by atoms with van der Waals surface area (Å²) in [5.41, 5.74) is -1.33. The lowest BCUT2D eigenvalue weighted by Crippen LogP contribution is -2.24. The van der Waals surface area contributed by atoms with Crippen LogP contribution in [0.25, 0.3) is 0 Å². The molecule has 0 saturated carbocycles. The fourth-order valence-corrected chi connectivity index (χ4v) is 3.68. The second kappa shape index (κ2) is 7.58. The summed E-state index contributed by atoms with van der Waals surface area (Å²) in [5, 5.41) is 12.7. The van der Waals surface area contributed by atoms with Gasteiger partial charge in [-0.3, -0.25) is 4.79 Å². The summed E-state index contributed by atoms with van der Waals surface area (Å²) in [6, 6.07) is 3.19. The fraction of sp³-hybridized carbons (Fsp3) is 0.308.